The highest BCUT2D eigenvalue weighted by Gasteiger charge is 2.31. The van der Waals surface area contributed by atoms with Crippen molar-refractivity contribution in [1.29, 1.82) is 0 Å². The van der Waals surface area contributed by atoms with E-state index in [2.05, 4.69) is 0 Å². The Morgan fingerprint density at radius 2 is 1.90 bits per heavy atom. The van der Waals surface area contributed by atoms with Gasteiger partial charge < -0.3 is 23.8 Å². The molecule has 2 aliphatic rings. The standard InChI is InChI=1S/C20H24ClNO7/c1-3-26-19(24)13-4-6-22(7-5-13)18(23)12(2)29-20(25)14-10-15(21)17-16(11-14)27-8-9-28-17/h10-13H,3-9H2,1-2H3. The molecule has 0 aliphatic carbocycles. The Balaban J connectivity index is 1.57. The van der Waals surface area contributed by atoms with E-state index in [1.54, 1.807) is 11.8 Å². The fraction of sp³-hybridized carbons (Fsp3) is 0.550. The Labute approximate surface area is 174 Å². The smallest absolute Gasteiger partial charge is 0.339 e. The lowest BCUT2D eigenvalue weighted by Gasteiger charge is -2.32. The van der Waals surface area contributed by atoms with Crippen LogP contribution in [0, 0.1) is 5.92 Å². The molecule has 2 aliphatic heterocycles. The van der Waals surface area contributed by atoms with Crippen molar-refractivity contribution < 1.29 is 33.3 Å². The van der Waals surface area contributed by atoms with Crippen LogP contribution in [0.1, 0.15) is 37.0 Å². The number of likely N-dealkylation sites (tertiary alicyclic amines) is 1. The molecule has 1 atom stereocenters. The molecule has 9 heteroatoms. The molecule has 1 aromatic carbocycles. The van der Waals surface area contributed by atoms with Crippen LogP contribution in [0.2, 0.25) is 5.02 Å². The summed E-state index contributed by atoms with van der Waals surface area (Å²) in [6, 6.07) is 2.92. The molecule has 0 radical (unpaired) electrons. The zero-order valence-corrected chi connectivity index (χ0v) is 17.2. The maximum Gasteiger partial charge on any atom is 0.339 e. The van der Waals surface area contributed by atoms with Crippen LogP contribution in [0.4, 0.5) is 0 Å². The van der Waals surface area contributed by atoms with Crippen LogP contribution in [-0.4, -0.2) is 61.8 Å². The summed E-state index contributed by atoms with van der Waals surface area (Å²) in [5, 5.41) is 0.245. The zero-order valence-electron chi connectivity index (χ0n) is 16.4. The van der Waals surface area contributed by atoms with Crippen LogP contribution in [0.15, 0.2) is 12.1 Å². The van der Waals surface area contributed by atoms with Crippen LogP contribution in [0.25, 0.3) is 0 Å². The van der Waals surface area contributed by atoms with Gasteiger partial charge in [0, 0.05) is 13.1 Å². The molecule has 1 amide bonds. The summed E-state index contributed by atoms with van der Waals surface area (Å²) in [6.07, 6.45) is 0.0973. The molecule has 1 fully saturated rings. The van der Waals surface area contributed by atoms with E-state index in [-0.39, 0.29) is 28.4 Å². The van der Waals surface area contributed by atoms with Crippen molar-refractivity contribution in [2.75, 3.05) is 32.9 Å². The van der Waals surface area contributed by atoms with Crippen molar-refractivity contribution in [3.8, 4) is 11.5 Å². The van der Waals surface area contributed by atoms with Gasteiger partial charge in [0.2, 0.25) is 0 Å². The second-order valence-corrected chi connectivity index (χ2v) is 7.29. The van der Waals surface area contributed by atoms with Crippen molar-refractivity contribution in [2.24, 2.45) is 5.92 Å². The number of hydrogen-bond donors (Lipinski definition) is 0. The van der Waals surface area contributed by atoms with Crippen LogP contribution in [0.3, 0.4) is 0 Å². The van der Waals surface area contributed by atoms with Crippen LogP contribution in [-0.2, 0) is 19.1 Å². The van der Waals surface area contributed by atoms with Crippen molar-refractivity contribution >= 4 is 29.4 Å². The maximum atomic E-state index is 12.6. The third-order valence-corrected chi connectivity index (χ3v) is 5.17. The number of hydrogen-bond acceptors (Lipinski definition) is 7. The summed E-state index contributed by atoms with van der Waals surface area (Å²) < 4.78 is 21.3. The first kappa shape index (κ1) is 21.2. The number of rotatable bonds is 5. The van der Waals surface area contributed by atoms with Crippen molar-refractivity contribution in [1.82, 2.24) is 4.90 Å². The third-order valence-electron chi connectivity index (χ3n) is 4.89. The molecule has 29 heavy (non-hydrogen) atoms. The highest BCUT2D eigenvalue weighted by molar-refractivity contribution is 6.32. The predicted octanol–water partition coefficient (Wildman–Crippen LogP) is 2.46. The van der Waals surface area contributed by atoms with E-state index in [1.807, 2.05) is 0 Å². The van der Waals surface area contributed by atoms with E-state index in [1.165, 1.54) is 19.1 Å². The van der Waals surface area contributed by atoms with E-state index < -0.39 is 12.1 Å². The second kappa shape index (κ2) is 9.35. The lowest BCUT2D eigenvalue weighted by atomic mass is 9.97. The number of nitrogens with zero attached hydrogens (tertiary/aromatic N) is 1. The molecule has 0 aromatic heterocycles. The summed E-state index contributed by atoms with van der Waals surface area (Å²) in [4.78, 5) is 38.5. The number of esters is 2. The molecule has 8 nitrogen and oxygen atoms in total. The molecule has 1 saturated heterocycles. The summed E-state index contributed by atoms with van der Waals surface area (Å²) in [7, 11) is 0. The Morgan fingerprint density at radius 1 is 1.21 bits per heavy atom. The van der Waals surface area contributed by atoms with E-state index >= 15 is 0 Å². The van der Waals surface area contributed by atoms with Crippen molar-refractivity contribution in [3.63, 3.8) is 0 Å². The van der Waals surface area contributed by atoms with Crippen LogP contribution in [0.5, 0.6) is 11.5 Å². The monoisotopic (exact) mass is 425 g/mol. The molecular weight excluding hydrogens is 402 g/mol. The SMILES string of the molecule is CCOC(=O)C1CCN(C(=O)C(C)OC(=O)c2cc(Cl)c3c(c2)OCCO3)CC1. The minimum Gasteiger partial charge on any atom is -0.486 e. The van der Waals surface area contributed by atoms with Gasteiger partial charge in [0.1, 0.15) is 13.2 Å². The predicted molar refractivity (Wildman–Crippen MR) is 103 cm³/mol. The number of amides is 1. The van der Waals surface area contributed by atoms with Gasteiger partial charge in [-0.1, -0.05) is 11.6 Å². The van der Waals surface area contributed by atoms with Crippen molar-refractivity contribution in [3.05, 3.63) is 22.7 Å². The molecule has 3 rings (SSSR count). The maximum absolute atomic E-state index is 12.6. The highest BCUT2D eigenvalue weighted by Crippen LogP contribution is 2.38. The number of fused-ring (bicyclic) bond motifs is 1. The molecule has 0 saturated carbocycles. The number of benzene rings is 1. The number of carbonyl (C=O) groups is 3. The van der Waals surface area contributed by atoms with Gasteiger partial charge in [0.15, 0.2) is 17.6 Å². The Bertz CT molecular complexity index is 789. The zero-order chi connectivity index (χ0) is 21.0. The van der Waals surface area contributed by atoms with E-state index in [0.717, 1.165) is 0 Å². The summed E-state index contributed by atoms with van der Waals surface area (Å²) >= 11 is 6.15. The topological polar surface area (TPSA) is 91.4 Å². The van der Waals surface area contributed by atoms with Crippen molar-refractivity contribution in [2.45, 2.75) is 32.8 Å². The third kappa shape index (κ3) is 4.93. The fourth-order valence-corrected chi connectivity index (χ4v) is 3.63. The first-order valence-corrected chi connectivity index (χ1v) is 10.0. The van der Waals surface area contributed by atoms with Gasteiger partial charge >= 0.3 is 11.9 Å². The first-order valence-electron chi connectivity index (χ1n) is 9.66. The second-order valence-electron chi connectivity index (χ2n) is 6.88. The van der Waals surface area contributed by atoms with E-state index in [4.69, 9.17) is 30.5 Å². The summed E-state index contributed by atoms with van der Waals surface area (Å²) in [5.74, 6) is -0.638. The average Bonchev–Trinajstić information content (AvgIpc) is 2.73. The van der Waals surface area contributed by atoms with Crippen LogP contribution >= 0.6 is 11.6 Å². The van der Waals surface area contributed by atoms with Gasteiger partial charge in [-0.25, -0.2) is 4.79 Å². The average molecular weight is 426 g/mol. The lowest BCUT2D eigenvalue weighted by Crippen LogP contribution is -2.45. The molecule has 158 valence electrons. The molecule has 0 bridgehead atoms. The van der Waals surface area contributed by atoms with Gasteiger partial charge in [-0.3, -0.25) is 9.59 Å². The quantitative estimate of drug-likeness (QED) is 0.669. The molecule has 0 N–H and O–H groups in total. The van der Waals surface area contributed by atoms with Crippen LogP contribution < -0.4 is 9.47 Å². The lowest BCUT2D eigenvalue weighted by molar-refractivity contribution is -0.152. The molecule has 2 heterocycles. The molecule has 1 aromatic rings. The minimum absolute atomic E-state index is 0.180. The van der Waals surface area contributed by atoms with E-state index in [9.17, 15) is 14.4 Å². The minimum atomic E-state index is -0.964. The normalized spacial score (nSPS) is 17.4. The van der Waals surface area contributed by atoms with Gasteiger partial charge in [0.25, 0.3) is 5.91 Å². The molecule has 0 spiro atoms. The number of ether oxygens (including phenoxy) is 4. The largest absolute Gasteiger partial charge is 0.486 e. The Kier molecular flexibility index (Phi) is 6.84. The van der Waals surface area contributed by atoms with Gasteiger partial charge in [0.05, 0.1) is 23.1 Å². The first-order chi connectivity index (χ1) is 13.9. The number of carbonyl (C=O) groups excluding carboxylic acids is 3. The van der Waals surface area contributed by atoms with Gasteiger partial charge in [-0.15, -0.1) is 0 Å². The van der Waals surface area contributed by atoms with Gasteiger partial charge in [-0.05, 0) is 38.8 Å². The van der Waals surface area contributed by atoms with E-state index in [0.29, 0.717) is 57.3 Å². The molecular formula is C20H24ClNO7. The number of halogens is 1. The fourth-order valence-electron chi connectivity index (χ4n) is 3.36. The summed E-state index contributed by atoms with van der Waals surface area (Å²) in [6.45, 7) is 5.21. The molecule has 1 unspecified atom stereocenters. The summed E-state index contributed by atoms with van der Waals surface area (Å²) in [5.41, 5.74) is 0.180. The Morgan fingerprint density at radius 3 is 2.59 bits per heavy atom. The number of piperidine rings is 1. The highest BCUT2D eigenvalue weighted by atomic mass is 35.5. The van der Waals surface area contributed by atoms with Gasteiger partial charge in [-0.2, -0.15) is 0 Å². The Hall–Kier alpha value is -2.48.